The van der Waals surface area contributed by atoms with Crippen LogP contribution in [-0.2, 0) is 20.9 Å². The van der Waals surface area contributed by atoms with Crippen LogP contribution in [0.25, 0.3) is 0 Å². The van der Waals surface area contributed by atoms with Crippen molar-refractivity contribution < 1.29 is 18.7 Å². The van der Waals surface area contributed by atoms with Gasteiger partial charge in [-0.3, -0.25) is 9.59 Å². The number of carbonyl (C=O) groups is 2. The Hall–Kier alpha value is -1.95. The van der Waals surface area contributed by atoms with E-state index in [1.165, 1.54) is 6.07 Å². The highest BCUT2D eigenvalue weighted by atomic mass is 19.1. The van der Waals surface area contributed by atoms with E-state index in [0.29, 0.717) is 51.4 Å². The molecule has 146 valence electrons. The minimum atomic E-state index is -0.482. The Morgan fingerprint density at radius 1 is 1.19 bits per heavy atom. The third-order valence-corrected chi connectivity index (χ3v) is 6.38. The largest absolute Gasteiger partial charge is 0.381 e. The van der Waals surface area contributed by atoms with Crippen LogP contribution in [0.15, 0.2) is 24.3 Å². The van der Waals surface area contributed by atoms with E-state index in [0.717, 1.165) is 25.7 Å². The van der Waals surface area contributed by atoms with Gasteiger partial charge in [0, 0.05) is 50.9 Å². The molecular formula is C21H27FN2O3. The predicted octanol–water partition coefficient (Wildman–Crippen LogP) is 2.59. The van der Waals surface area contributed by atoms with E-state index >= 15 is 0 Å². The van der Waals surface area contributed by atoms with Crippen LogP contribution in [0.2, 0.25) is 0 Å². The summed E-state index contributed by atoms with van der Waals surface area (Å²) in [7, 11) is 0. The van der Waals surface area contributed by atoms with E-state index < -0.39 is 5.41 Å². The van der Waals surface area contributed by atoms with Gasteiger partial charge in [0.2, 0.25) is 11.8 Å². The first-order valence-corrected chi connectivity index (χ1v) is 9.98. The van der Waals surface area contributed by atoms with Crippen LogP contribution in [0, 0.1) is 17.2 Å². The van der Waals surface area contributed by atoms with E-state index in [1.807, 2.05) is 4.90 Å². The van der Waals surface area contributed by atoms with Gasteiger partial charge in [-0.2, -0.15) is 0 Å². The second-order valence-corrected chi connectivity index (χ2v) is 8.10. The van der Waals surface area contributed by atoms with Crippen molar-refractivity contribution in [1.29, 1.82) is 0 Å². The van der Waals surface area contributed by atoms with Crippen LogP contribution < -0.4 is 0 Å². The zero-order chi connectivity index (χ0) is 18.9. The Balaban J connectivity index is 1.44. The molecule has 1 aromatic carbocycles. The number of carbonyl (C=O) groups excluding carboxylic acids is 2. The number of ether oxygens (including phenoxy) is 1. The summed E-state index contributed by atoms with van der Waals surface area (Å²) in [4.78, 5) is 29.8. The summed E-state index contributed by atoms with van der Waals surface area (Å²) in [5.41, 5.74) is 0.0701. The molecule has 27 heavy (non-hydrogen) atoms. The normalized spacial score (nSPS) is 26.8. The molecule has 1 atom stereocenters. The van der Waals surface area contributed by atoms with Gasteiger partial charge in [-0.05, 0) is 38.2 Å². The number of rotatable bonds is 3. The summed E-state index contributed by atoms with van der Waals surface area (Å²) in [6.45, 7) is 3.41. The molecule has 0 saturated carbocycles. The lowest BCUT2D eigenvalue weighted by atomic mass is 9.78. The lowest BCUT2D eigenvalue weighted by molar-refractivity contribution is -0.147. The molecule has 0 N–H and O–H groups in total. The number of hydrogen-bond acceptors (Lipinski definition) is 3. The first kappa shape index (κ1) is 18.4. The van der Waals surface area contributed by atoms with E-state index in [1.54, 1.807) is 23.1 Å². The summed E-state index contributed by atoms with van der Waals surface area (Å²) in [5, 5.41) is 0. The van der Waals surface area contributed by atoms with Crippen LogP contribution in [0.1, 0.15) is 37.7 Å². The molecule has 0 bridgehead atoms. The van der Waals surface area contributed by atoms with Gasteiger partial charge in [0.1, 0.15) is 5.82 Å². The fourth-order valence-corrected chi connectivity index (χ4v) is 4.78. The van der Waals surface area contributed by atoms with Crippen molar-refractivity contribution in [2.75, 3.05) is 32.8 Å². The van der Waals surface area contributed by atoms with E-state index in [2.05, 4.69) is 0 Å². The average molecular weight is 374 g/mol. The van der Waals surface area contributed by atoms with Crippen LogP contribution >= 0.6 is 0 Å². The van der Waals surface area contributed by atoms with Gasteiger partial charge >= 0.3 is 0 Å². The van der Waals surface area contributed by atoms with Gasteiger partial charge in [0.05, 0.1) is 5.41 Å². The number of halogens is 1. The second kappa shape index (κ2) is 7.58. The monoisotopic (exact) mass is 374 g/mol. The molecule has 3 aliphatic rings. The molecule has 3 fully saturated rings. The Labute approximate surface area is 159 Å². The molecule has 2 amide bonds. The number of hydrogen-bond donors (Lipinski definition) is 0. The van der Waals surface area contributed by atoms with Crippen LogP contribution in [0.3, 0.4) is 0 Å². The number of likely N-dealkylation sites (tertiary alicyclic amines) is 2. The van der Waals surface area contributed by atoms with Crippen molar-refractivity contribution >= 4 is 11.8 Å². The van der Waals surface area contributed by atoms with E-state index in [9.17, 15) is 14.0 Å². The quantitative estimate of drug-likeness (QED) is 0.817. The van der Waals surface area contributed by atoms with Crippen molar-refractivity contribution in [1.82, 2.24) is 9.80 Å². The highest BCUT2D eigenvalue weighted by Gasteiger charge is 2.50. The molecular weight excluding hydrogens is 347 g/mol. The summed E-state index contributed by atoms with van der Waals surface area (Å²) in [5.74, 6) is 0.0169. The predicted molar refractivity (Wildman–Crippen MR) is 98.2 cm³/mol. The Morgan fingerprint density at radius 3 is 2.74 bits per heavy atom. The molecule has 0 radical (unpaired) electrons. The topological polar surface area (TPSA) is 49.9 Å². The molecule has 6 heteroatoms. The van der Waals surface area contributed by atoms with Crippen molar-refractivity contribution in [2.24, 2.45) is 11.3 Å². The first-order chi connectivity index (χ1) is 13.1. The molecule has 1 aromatic rings. The van der Waals surface area contributed by atoms with Gasteiger partial charge in [-0.25, -0.2) is 4.39 Å². The fraction of sp³-hybridized carbons (Fsp3) is 0.619. The molecule has 3 aliphatic heterocycles. The van der Waals surface area contributed by atoms with Crippen LogP contribution in [0.5, 0.6) is 0 Å². The van der Waals surface area contributed by atoms with E-state index in [-0.39, 0.29) is 23.5 Å². The zero-order valence-corrected chi connectivity index (χ0v) is 15.7. The summed E-state index contributed by atoms with van der Waals surface area (Å²) >= 11 is 0. The molecule has 5 nitrogen and oxygen atoms in total. The van der Waals surface area contributed by atoms with Gasteiger partial charge in [-0.15, -0.1) is 0 Å². The lowest BCUT2D eigenvalue weighted by Crippen LogP contribution is -2.50. The minimum Gasteiger partial charge on any atom is -0.381 e. The molecule has 0 aliphatic carbocycles. The van der Waals surface area contributed by atoms with Gasteiger partial charge in [0.15, 0.2) is 0 Å². The number of piperidine rings is 1. The summed E-state index contributed by atoms with van der Waals surface area (Å²) in [6.07, 6.45) is 3.98. The van der Waals surface area contributed by atoms with Gasteiger partial charge in [-0.1, -0.05) is 18.2 Å². The van der Waals surface area contributed by atoms with Crippen LogP contribution in [0.4, 0.5) is 4.39 Å². The lowest BCUT2D eigenvalue weighted by Gasteiger charge is -2.39. The van der Waals surface area contributed by atoms with Crippen molar-refractivity contribution in [3.05, 3.63) is 35.6 Å². The second-order valence-electron chi connectivity index (χ2n) is 8.10. The Kier molecular flexibility index (Phi) is 5.17. The smallest absolute Gasteiger partial charge is 0.230 e. The van der Waals surface area contributed by atoms with Gasteiger partial charge in [0.25, 0.3) is 0 Å². The number of benzene rings is 1. The van der Waals surface area contributed by atoms with Crippen molar-refractivity contribution in [3.63, 3.8) is 0 Å². The third-order valence-electron chi connectivity index (χ3n) is 6.38. The third kappa shape index (κ3) is 3.59. The maximum absolute atomic E-state index is 14.0. The Morgan fingerprint density at radius 2 is 1.96 bits per heavy atom. The molecule has 1 unspecified atom stereocenters. The molecule has 1 spiro atoms. The maximum Gasteiger partial charge on any atom is 0.230 e. The summed E-state index contributed by atoms with van der Waals surface area (Å²) < 4.78 is 19.4. The standard InChI is InChI=1S/C21H27FN2O3/c22-18-5-2-1-4-17(18)14-23-10-3-8-21(20(23)26)9-11-24(15-21)19(25)16-6-12-27-13-7-16/h1-2,4-5,16H,3,6-15H2. The van der Waals surface area contributed by atoms with Crippen LogP contribution in [-0.4, -0.2) is 54.5 Å². The first-order valence-electron chi connectivity index (χ1n) is 9.98. The van der Waals surface area contributed by atoms with Crippen molar-refractivity contribution in [2.45, 2.75) is 38.6 Å². The molecule has 0 aromatic heterocycles. The minimum absolute atomic E-state index is 0.0297. The number of amides is 2. The SMILES string of the molecule is O=C(C1CCOCC1)N1CCC2(CCCN(Cc3ccccc3F)C2=O)C1. The molecule has 3 heterocycles. The average Bonchev–Trinajstić information content (AvgIpc) is 3.12. The summed E-state index contributed by atoms with van der Waals surface area (Å²) in [6, 6.07) is 6.63. The maximum atomic E-state index is 14.0. The van der Waals surface area contributed by atoms with Gasteiger partial charge < -0.3 is 14.5 Å². The Bertz CT molecular complexity index is 719. The highest BCUT2D eigenvalue weighted by molar-refractivity contribution is 5.86. The molecule has 3 saturated heterocycles. The molecule has 4 rings (SSSR count). The number of nitrogens with zero attached hydrogens (tertiary/aromatic N) is 2. The zero-order valence-electron chi connectivity index (χ0n) is 15.7. The van der Waals surface area contributed by atoms with E-state index in [4.69, 9.17) is 4.74 Å². The highest BCUT2D eigenvalue weighted by Crippen LogP contribution is 2.41. The van der Waals surface area contributed by atoms with Crippen molar-refractivity contribution in [3.8, 4) is 0 Å². The fourth-order valence-electron chi connectivity index (χ4n) is 4.78.